The van der Waals surface area contributed by atoms with Crippen LogP contribution in [0.4, 0.5) is 5.69 Å². The van der Waals surface area contributed by atoms with Gasteiger partial charge >= 0.3 is 0 Å². The molecule has 3 atom stereocenters. The minimum absolute atomic E-state index is 0.0400. The van der Waals surface area contributed by atoms with Gasteiger partial charge in [0, 0.05) is 30.6 Å². The molecule has 3 rings (SSSR count). The van der Waals surface area contributed by atoms with Crippen molar-refractivity contribution >= 4 is 21.4 Å². The number of nitrogens with one attached hydrogen (secondary N) is 1. The minimum atomic E-state index is -3.09. The lowest BCUT2D eigenvalue weighted by molar-refractivity contribution is -0.121. The van der Waals surface area contributed by atoms with Crippen molar-refractivity contribution in [2.24, 2.45) is 17.8 Å². The molecule has 2 heterocycles. The number of rotatable bonds is 5. The Kier molecular flexibility index (Phi) is 5.49. The Labute approximate surface area is 150 Å². The second-order valence-corrected chi connectivity index (χ2v) is 10.1. The van der Waals surface area contributed by atoms with Crippen LogP contribution in [0.5, 0.6) is 0 Å². The quantitative estimate of drug-likeness (QED) is 0.871. The minimum Gasteiger partial charge on any atom is -0.326 e. The van der Waals surface area contributed by atoms with E-state index in [0.29, 0.717) is 25.4 Å². The molecule has 0 aromatic heterocycles. The maximum absolute atomic E-state index is 12.8. The Bertz CT molecular complexity index is 703. The Hall–Kier alpha value is -1.40. The summed E-state index contributed by atoms with van der Waals surface area (Å²) >= 11 is 0. The smallest absolute Gasteiger partial charge is 0.227 e. The summed E-state index contributed by atoms with van der Waals surface area (Å²) in [5.74, 6) is 0.365. The molecule has 1 N–H and O–H groups in total. The van der Waals surface area contributed by atoms with Gasteiger partial charge in [-0.15, -0.1) is 0 Å². The molecule has 0 radical (unpaired) electrons. The summed E-state index contributed by atoms with van der Waals surface area (Å²) in [6.07, 6.45) is 1.49. The van der Waals surface area contributed by atoms with Crippen LogP contribution in [0, 0.1) is 17.8 Å². The van der Waals surface area contributed by atoms with Crippen molar-refractivity contribution in [3.63, 3.8) is 0 Å². The third-order valence-electron chi connectivity index (χ3n) is 5.48. The zero-order valence-electron chi connectivity index (χ0n) is 15.0. The Morgan fingerprint density at radius 2 is 1.96 bits per heavy atom. The third-order valence-corrected chi connectivity index (χ3v) is 7.70. The first kappa shape index (κ1) is 18.4. The van der Waals surface area contributed by atoms with Gasteiger partial charge in [0.2, 0.25) is 5.91 Å². The fraction of sp³-hybridized carbons (Fsp3) is 0.632. The van der Waals surface area contributed by atoms with Gasteiger partial charge in [0.1, 0.15) is 0 Å². The maximum atomic E-state index is 12.8. The molecule has 2 aliphatic heterocycles. The molecule has 25 heavy (non-hydrogen) atoms. The third kappa shape index (κ3) is 4.23. The highest BCUT2D eigenvalue weighted by atomic mass is 32.2. The summed E-state index contributed by atoms with van der Waals surface area (Å²) < 4.78 is 25.0. The van der Waals surface area contributed by atoms with Crippen LogP contribution in [0.25, 0.3) is 0 Å². The van der Waals surface area contributed by atoms with Crippen molar-refractivity contribution in [3.8, 4) is 0 Å². The predicted octanol–water partition coefficient (Wildman–Crippen LogP) is 2.41. The SMILES string of the molecule is CC(C)CCN1C[C@H]2[C@@H](C(=O)Nc3ccccc3)CCS(=O)(=O)[C@H]2C1. The molecule has 0 unspecified atom stereocenters. The van der Waals surface area contributed by atoms with E-state index in [1.165, 1.54) is 0 Å². The first-order valence-corrected chi connectivity index (χ1v) is 10.9. The maximum Gasteiger partial charge on any atom is 0.227 e. The van der Waals surface area contributed by atoms with Crippen LogP contribution in [-0.4, -0.2) is 49.9 Å². The van der Waals surface area contributed by atoms with Gasteiger partial charge in [0.05, 0.1) is 11.0 Å². The van der Waals surface area contributed by atoms with Gasteiger partial charge in [0.15, 0.2) is 9.84 Å². The lowest BCUT2D eigenvalue weighted by Gasteiger charge is -2.31. The lowest BCUT2D eigenvalue weighted by atomic mass is 9.87. The molecule has 0 bridgehead atoms. The molecule has 2 aliphatic rings. The van der Waals surface area contributed by atoms with Crippen LogP contribution in [-0.2, 0) is 14.6 Å². The fourth-order valence-corrected chi connectivity index (χ4v) is 6.14. The number of benzene rings is 1. The fourth-order valence-electron chi connectivity index (χ4n) is 4.01. The van der Waals surface area contributed by atoms with E-state index in [9.17, 15) is 13.2 Å². The highest BCUT2D eigenvalue weighted by Crippen LogP contribution is 2.37. The summed E-state index contributed by atoms with van der Waals surface area (Å²) in [5, 5.41) is 2.58. The van der Waals surface area contributed by atoms with Gasteiger partial charge in [0.25, 0.3) is 0 Å². The summed E-state index contributed by atoms with van der Waals surface area (Å²) in [5.41, 5.74) is 0.771. The van der Waals surface area contributed by atoms with Crippen molar-refractivity contribution in [2.75, 3.05) is 30.7 Å². The van der Waals surface area contributed by atoms with Gasteiger partial charge in [-0.3, -0.25) is 4.79 Å². The number of para-hydroxylation sites is 1. The van der Waals surface area contributed by atoms with Gasteiger partial charge < -0.3 is 10.2 Å². The zero-order chi connectivity index (χ0) is 18.0. The van der Waals surface area contributed by atoms with Crippen molar-refractivity contribution in [3.05, 3.63) is 30.3 Å². The van der Waals surface area contributed by atoms with E-state index >= 15 is 0 Å². The van der Waals surface area contributed by atoms with Gasteiger partial charge in [-0.2, -0.15) is 0 Å². The number of likely N-dealkylation sites (tertiary alicyclic amines) is 1. The molecule has 0 spiro atoms. The Morgan fingerprint density at radius 3 is 2.64 bits per heavy atom. The highest BCUT2D eigenvalue weighted by Gasteiger charge is 2.50. The van der Waals surface area contributed by atoms with E-state index < -0.39 is 9.84 Å². The monoisotopic (exact) mass is 364 g/mol. The Balaban J connectivity index is 1.72. The molecule has 6 heteroatoms. The van der Waals surface area contributed by atoms with E-state index in [-0.39, 0.29) is 28.7 Å². The number of anilines is 1. The second kappa shape index (κ2) is 7.46. The molecule has 5 nitrogen and oxygen atoms in total. The van der Waals surface area contributed by atoms with Gasteiger partial charge in [-0.25, -0.2) is 8.42 Å². The number of nitrogens with zero attached hydrogens (tertiary/aromatic N) is 1. The molecule has 0 saturated carbocycles. The van der Waals surface area contributed by atoms with Gasteiger partial charge in [-0.05, 0) is 37.4 Å². The van der Waals surface area contributed by atoms with Crippen LogP contribution in [0.2, 0.25) is 0 Å². The second-order valence-electron chi connectivity index (χ2n) is 7.76. The van der Waals surface area contributed by atoms with E-state index in [1.54, 1.807) is 0 Å². The van der Waals surface area contributed by atoms with E-state index in [2.05, 4.69) is 24.1 Å². The van der Waals surface area contributed by atoms with Crippen molar-refractivity contribution in [1.82, 2.24) is 4.90 Å². The summed E-state index contributed by atoms with van der Waals surface area (Å²) in [6.45, 7) is 6.55. The molecule has 1 aromatic rings. The van der Waals surface area contributed by atoms with E-state index in [1.807, 2.05) is 30.3 Å². The van der Waals surface area contributed by atoms with Crippen LogP contribution >= 0.6 is 0 Å². The molecule has 1 aromatic carbocycles. The number of hydrogen-bond acceptors (Lipinski definition) is 4. The molecule has 2 saturated heterocycles. The van der Waals surface area contributed by atoms with Gasteiger partial charge in [-0.1, -0.05) is 32.0 Å². The van der Waals surface area contributed by atoms with Crippen molar-refractivity contribution < 1.29 is 13.2 Å². The largest absolute Gasteiger partial charge is 0.326 e. The average Bonchev–Trinajstić information content (AvgIpc) is 2.99. The van der Waals surface area contributed by atoms with Crippen LogP contribution < -0.4 is 5.32 Å². The first-order valence-electron chi connectivity index (χ1n) is 9.16. The zero-order valence-corrected chi connectivity index (χ0v) is 15.8. The lowest BCUT2D eigenvalue weighted by Crippen LogP contribution is -2.45. The number of amides is 1. The number of fused-ring (bicyclic) bond motifs is 1. The molecule has 2 fully saturated rings. The van der Waals surface area contributed by atoms with Crippen molar-refractivity contribution in [1.29, 1.82) is 0 Å². The highest BCUT2D eigenvalue weighted by molar-refractivity contribution is 7.92. The molecule has 1 amide bonds. The number of sulfone groups is 1. The molecular formula is C19H28N2O3S. The van der Waals surface area contributed by atoms with E-state index in [0.717, 1.165) is 18.7 Å². The molecule has 138 valence electrons. The normalized spacial score (nSPS) is 28.7. The van der Waals surface area contributed by atoms with Crippen LogP contribution in [0.3, 0.4) is 0 Å². The number of carbonyl (C=O) groups excluding carboxylic acids is 1. The van der Waals surface area contributed by atoms with Crippen LogP contribution in [0.1, 0.15) is 26.7 Å². The predicted molar refractivity (Wildman–Crippen MR) is 100 cm³/mol. The Morgan fingerprint density at radius 1 is 1.24 bits per heavy atom. The topological polar surface area (TPSA) is 66.5 Å². The standard InChI is InChI=1S/C19H28N2O3S/c1-14(2)8-10-21-12-17-16(9-11-25(23,24)18(17)13-21)19(22)20-15-6-4-3-5-7-15/h3-7,14,16-18H,8-13H2,1-2H3,(H,20,22)/t16-,17-,18-/m0/s1. The first-order chi connectivity index (χ1) is 11.9. The molecular weight excluding hydrogens is 336 g/mol. The molecule has 0 aliphatic carbocycles. The van der Waals surface area contributed by atoms with Crippen molar-refractivity contribution in [2.45, 2.75) is 31.9 Å². The summed E-state index contributed by atoms with van der Waals surface area (Å²) in [7, 11) is -3.09. The van der Waals surface area contributed by atoms with E-state index in [4.69, 9.17) is 0 Å². The van der Waals surface area contributed by atoms with Crippen LogP contribution in [0.15, 0.2) is 30.3 Å². The number of hydrogen-bond donors (Lipinski definition) is 1. The number of carbonyl (C=O) groups is 1. The average molecular weight is 365 g/mol. The summed E-state index contributed by atoms with van der Waals surface area (Å²) in [4.78, 5) is 15.0. The summed E-state index contributed by atoms with van der Waals surface area (Å²) in [6, 6.07) is 9.39.